The quantitative estimate of drug-likeness (QED) is 0.553. The van der Waals surface area contributed by atoms with Crippen molar-refractivity contribution in [3.05, 3.63) is 0 Å². The number of rotatable bonds is 1. The Hall–Kier alpha value is 0.310. The van der Waals surface area contributed by atoms with E-state index in [1.807, 2.05) is 0 Å². The fourth-order valence-electron chi connectivity index (χ4n) is 1.28. The summed E-state index contributed by atoms with van der Waals surface area (Å²) < 4.78 is 0. The Balaban J connectivity index is 2.40. The molecule has 2 heteroatoms. The van der Waals surface area contributed by atoms with Gasteiger partial charge in [0.15, 0.2) is 0 Å². The second-order valence-electron chi connectivity index (χ2n) is 2.80. The lowest BCUT2D eigenvalue weighted by Gasteiger charge is -2.23. The minimum atomic E-state index is 0.731. The Bertz CT molecular complexity index is 92.9. The van der Waals surface area contributed by atoms with Gasteiger partial charge in [0.05, 0.1) is 5.37 Å². The van der Waals surface area contributed by atoms with E-state index in [4.69, 9.17) is 0 Å². The molecule has 0 aromatic heterocycles. The van der Waals surface area contributed by atoms with E-state index in [0.29, 0.717) is 0 Å². The normalized spacial score (nSPS) is 30.0. The molecule has 1 aliphatic heterocycles. The van der Waals surface area contributed by atoms with Crippen LogP contribution in [0.25, 0.3) is 0 Å². The van der Waals surface area contributed by atoms with Gasteiger partial charge in [-0.05, 0) is 20.8 Å². The van der Waals surface area contributed by atoms with Crippen molar-refractivity contribution >= 4 is 11.8 Å². The standard InChI is InChI=1S/C7H15NS/c1-6(2)8-4-5-9-7(8)3/h6-7H,4-5H2,1-3H3/t7-/m0/s1. The summed E-state index contributed by atoms with van der Waals surface area (Å²) in [7, 11) is 0. The lowest BCUT2D eigenvalue weighted by atomic mass is 10.3. The average Bonchev–Trinajstić information content (AvgIpc) is 2.13. The van der Waals surface area contributed by atoms with Crippen molar-refractivity contribution in [2.75, 3.05) is 12.3 Å². The molecule has 0 amide bonds. The van der Waals surface area contributed by atoms with Crippen LogP contribution in [0.4, 0.5) is 0 Å². The Kier molecular flexibility index (Phi) is 2.42. The Morgan fingerprint density at radius 1 is 1.56 bits per heavy atom. The molecule has 1 fully saturated rings. The van der Waals surface area contributed by atoms with Crippen LogP contribution >= 0.6 is 11.8 Å². The molecule has 0 spiro atoms. The molecule has 0 N–H and O–H groups in total. The van der Waals surface area contributed by atoms with Crippen LogP contribution in [0.15, 0.2) is 0 Å². The van der Waals surface area contributed by atoms with E-state index >= 15 is 0 Å². The maximum atomic E-state index is 2.53. The maximum Gasteiger partial charge on any atom is 0.0531 e. The van der Waals surface area contributed by atoms with Crippen molar-refractivity contribution in [1.82, 2.24) is 4.90 Å². The van der Waals surface area contributed by atoms with Crippen LogP contribution in [-0.2, 0) is 0 Å². The first-order chi connectivity index (χ1) is 4.22. The highest BCUT2D eigenvalue weighted by Crippen LogP contribution is 2.24. The van der Waals surface area contributed by atoms with Gasteiger partial charge in [0.1, 0.15) is 0 Å². The molecule has 54 valence electrons. The monoisotopic (exact) mass is 145 g/mol. The Morgan fingerprint density at radius 3 is 2.44 bits per heavy atom. The minimum absolute atomic E-state index is 0.731. The SMILES string of the molecule is CC(C)N1CCS[C@H]1C. The van der Waals surface area contributed by atoms with Crippen molar-refractivity contribution in [2.24, 2.45) is 0 Å². The van der Waals surface area contributed by atoms with E-state index < -0.39 is 0 Å². The summed E-state index contributed by atoms with van der Waals surface area (Å²) >= 11 is 2.06. The first-order valence-electron chi connectivity index (χ1n) is 3.59. The molecule has 1 heterocycles. The summed E-state index contributed by atoms with van der Waals surface area (Å²) in [5, 5.41) is 0.755. The van der Waals surface area contributed by atoms with Gasteiger partial charge >= 0.3 is 0 Å². The summed E-state index contributed by atoms with van der Waals surface area (Å²) in [5.74, 6) is 1.32. The molecule has 1 atom stereocenters. The molecule has 1 aliphatic rings. The van der Waals surface area contributed by atoms with Crippen molar-refractivity contribution in [3.8, 4) is 0 Å². The van der Waals surface area contributed by atoms with Gasteiger partial charge in [-0.15, -0.1) is 11.8 Å². The number of hydrogen-bond acceptors (Lipinski definition) is 2. The van der Waals surface area contributed by atoms with Gasteiger partial charge in [0.25, 0.3) is 0 Å². The van der Waals surface area contributed by atoms with E-state index in [1.165, 1.54) is 12.3 Å². The number of hydrogen-bond donors (Lipinski definition) is 0. The minimum Gasteiger partial charge on any atom is -0.288 e. The molecule has 0 aliphatic carbocycles. The molecule has 0 aromatic carbocycles. The number of nitrogens with zero attached hydrogens (tertiary/aromatic N) is 1. The van der Waals surface area contributed by atoms with Gasteiger partial charge in [-0.2, -0.15) is 0 Å². The van der Waals surface area contributed by atoms with Crippen LogP contribution in [0, 0.1) is 0 Å². The van der Waals surface area contributed by atoms with Gasteiger partial charge in [0, 0.05) is 18.3 Å². The van der Waals surface area contributed by atoms with Crippen molar-refractivity contribution in [1.29, 1.82) is 0 Å². The van der Waals surface area contributed by atoms with Crippen LogP contribution in [0.5, 0.6) is 0 Å². The zero-order valence-electron chi connectivity index (χ0n) is 6.42. The second-order valence-corrected chi connectivity index (χ2v) is 4.23. The summed E-state index contributed by atoms with van der Waals surface area (Å²) in [6.45, 7) is 8.10. The maximum absolute atomic E-state index is 2.53. The molecule has 0 saturated carbocycles. The third-order valence-corrected chi connectivity index (χ3v) is 3.01. The van der Waals surface area contributed by atoms with Crippen LogP contribution in [0.3, 0.4) is 0 Å². The van der Waals surface area contributed by atoms with Crippen molar-refractivity contribution in [3.63, 3.8) is 0 Å². The highest BCUT2D eigenvalue weighted by atomic mass is 32.2. The zero-order chi connectivity index (χ0) is 6.85. The molecule has 1 nitrogen and oxygen atoms in total. The van der Waals surface area contributed by atoms with Crippen molar-refractivity contribution < 1.29 is 0 Å². The third-order valence-electron chi connectivity index (χ3n) is 1.84. The summed E-state index contributed by atoms with van der Waals surface area (Å²) in [4.78, 5) is 2.53. The van der Waals surface area contributed by atoms with E-state index in [1.54, 1.807) is 0 Å². The largest absolute Gasteiger partial charge is 0.288 e. The molecule has 0 aromatic rings. The molecule has 0 unspecified atom stereocenters. The number of thioether (sulfide) groups is 1. The van der Waals surface area contributed by atoms with Crippen LogP contribution in [0.2, 0.25) is 0 Å². The zero-order valence-corrected chi connectivity index (χ0v) is 7.24. The summed E-state index contributed by atoms with van der Waals surface area (Å²) in [6, 6.07) is 0.731. The van der Waals surface area contributed by atoms with E-state index in [0.717, 1.165) is 11.4 Å². The van der Waals surface area contributed by atoms with Gasteiger partial charge < -0.3 is 0 Å². The summed E-state index contributed by atoms with van der Waals surface area (Å²) in [6.07, 6.45) is 0. The van der Waals surface area contributed by atoms with E-state index in [2.05, 4.69) is 37.4 Å². The van der Waals surface area contributed by atoms with Gasteiger partial charge in [-0.25, -0.2) is 0 Å². The molecule has 1 saturated heterocycles. The lowest BCUT2D eigenvalue weighted by Crippen LogP contribution is -2.32. The predicted octanol–water partition coefficient (Wildman–Crippen LogP) is 1.79. The predicted molar refractivity (Wildman–Crippen MR) is 43.8 cm³/mol. The summed E-state index contributed by atoms with van der Waals surface area (Å²) in [5.41, 5.74) is 0. The topological polar surface area (TPSA) is 3.24 Å². The fraction of sp³-hybridized carbons (Fsp3) is 1.00. The molecular weight excluding hydrogens is 130 g/mol. The lowest BCUT2D eigenvalue weighted by molar-refractivity contribution is 0.242. The first kappa shape index (κ1) is 7.42. The second kappa shape index (κ2) is 2.93. The molecule has 0 bridgehead atoms. The smallest absolute Gasteiger partial charge is 0.0531 e. The van der Waals surface area contributed by atoms with E-state index in [-0.39, 0.29) is 0 Å². The van der Waals surface area contributed by atoms with Crippen molar-refractivity contribution in [2.45, 2.75) is 32.2 Å². The van der Waals surface area contributed by atoms with Crippen LogP contribution < -0.4 is 0 Å². The Morgan fingerprint density at radius 2 is 2.22 bits per heavy atom. The van der Waals surface area contributed by atoms with E-state index in [9.17, 15) is 0 Å². The van der Waals surface area contributed by atoms with Gasteiger partial charge in [0.2, 0.25) is 0 Å². The highest BCUT2D eigenvalue weighted by Gasteiger charge is 2.22. The highest BCUT2D eigenvalue weighted by molar-refractivity contribution is 8.00. The Labute approximate surface area is 61.8 Å². The third kappa shape index (κ3) is 1.62. The molecular formula is C7H15NS. The molecule has 1 rings (SSSR count). The molecule has 9 heavy (non-hydrogen) atoms. The van der Waals surface area contributed by atoms with Crippen LogP contribution in [0.1, 0.15) is 20.8 Å². The van der Waals surface area contributed by atoms with Gasteiger partial charge in [-0.1, -0.05) is 0 Å². The first-order valence-corrected chi connectivity index (χ1v) is 4.64. The van der Waals surface area contributed by atoms with Gasteiger partial charge in [-0.3, -0.25) is 4.90 Å². The molecule has 0 radical (unpaired) electrons. The average molecular weight is 145 g/mol. The fourth-order valence-corrected chi connectivity index (χ4v) is 2.48. The van der Waals surface area contributed by atoms with Crippen LogP contribution in [-0.4, -0.2) is 28.6 Å².